The summed E-state index contributed by atoms with van der Waals surface area (Å²) in [5.41, 5.74) is 21.7. The van der Waals surface area contributed by atoms with Gasteiger partial charge in [0.2, 0.25) is 0 Å². The summed E-state index contributed by atoms with van der Waals surface area (Å²) in [6.45, 7) is 4.77. The van der Waals surface area contributed by atoms with Crippen LogP contribution in [0.2, 0.25) is 0 Å². The number of anilines is 3. The fraction of sp³-hybridized carbons (Fsp3) is 0.0476. The number of para-hydroxylation sites is 2. The van der Waals surface area contributed by atoms with E-state index in [-0.39, 0.29) is 5.41 Å². The van der Waals surface area contributed by atoms with Gasteiger partial charge in [0, 0.05) is 38.9 Å². The first-order valence-electron chi connectivity index (χ1n) is 22.6. The molecule has 1 aromatic heterocycles. The number of aromatic nitrogens is 1. The second-order valence-corrected chi connectivity index (χ2v) is 17.7. The van der Waals surface area contributed by atoms with Crippen molar-refractivity contribution >= 4 is 38.9 Å². The Morgan fingerprint density at radius 1 is 0.308 bits per heavy atom. The van der Waals surface area contributed by atoms with Crippen molar-refractivity contribution in [2.75, 3.05) is 4.90 Å². The molecule has 0 bridgehead atoms. The van der Waals surface area contributed by atoms with Crippen molar-refractivity contribution in [2.45, 2.75) is 19.3 Å². The van der Waals surface area contributed by atoms with Crippen molar-refractivity contribution in [3.05, 3.63) is 254 Å². The topological polar surface area (TPSA) is 8.17 Å². The highest BCUT2D eigenvalue weighted by Crippen LogP contribution is 2.52. The summed E-state index contributed by atoms with van der Waals surface area (Å²) in [5.74, 6) is 0. The molecule has 11 aromatic rings. The van der Waals surface area contributed by atoms with Crippen LogP contribution in [0, 0.1) is 0 Å². The summed E-state index contributed by atoms with van der Waals surface area (Å²) in [6.07, 6.45) is 0. The zero-order valence-corrected chi connectivity index (χ0v) is 36.5. The van der Waals surface area contributed by atoms with E-state index in [1.54, 1.807) is 0 Å². The number of hydrogen-bond donors (Lipinski definition) is 0. The van der Waals surface area contributed by atoms with E-state index < -0.39 is 0 Å². The van der Waals surface area contributed by atoms with Crippen LogP contribution in [0.3, 0.4) is 0 Å². The van der Waals surface area contributed by atoms with Crippen molar-refractivity contribution in [1.82, 2.24) is 4.57 Å². The summed E-state index contributed by atoms with van der Waals surface area (Å²) in [7, 11) is 0. The maximum atomic E-state index is 2.43. The van der Waals surface area contributed by atoms with Gasteiger partial charge in [0.25, 0.3) is 0 Å². The van der Waals surface area contributed by atoms with Crippen LogP contribution in [-0.2, 0) is 5.41 Å². The molecule has 0 fully saturated rings. The predicted octanol–water partition coefficient (Wildman–Crippen LogP) is 17.2. The minimum absolute atomic E-state index is 0.234. The second kappa shape index (κ2) is 15.6. The van der Waals surface area contributed by atoms with Gasteiger partial charge in [-0.15, -0.1) is 0 Å². The van der Waals surface area contributed by atoms with Gasteiger partial charge >= 0.3 is 0 Å². The largest absolute Gasteiger partial charge is 0.310 e. The molecule has 10 aromatic carbocycles. The molecule has 0 amide bonds. The van der Waals surface area contributed by atoms with Crippen LogP contribution < -0.4 is 4.90 Å². The SMILES string of the molecule is CC1(C)c2cc(N(c3ccc(-c4ccc(-c5ccccc5)cc4)cc3)c3ccc(-c4ccccc4-c4ccccc4)cc3)ccc2-c2ccc(-n3c4ccccc4c4ccccc43)cc21. The summed E-state index contributed by atoms with van der Waals surface area (Å²) in [6, 6.07) is 88.7. The quantitative estimate of drug-likeness (QED) is 0.148. The first kappa shape index (κ1) is 38.5. The molecule has 0 unspecified atom stereocenters. The van der Waals surface area contributed by atoms with Gasteiger partial charge in [0.05, 0.1) is 11.0 Å². The summed E-state index contributed by atoms with van der Waals surface area (Å²) < 4.78 is 2.43. The molecule has 2 heteroatoms. The number of hydrogen-bond acceptors (Lipinski definition) is 1. The average Bonchev–Trinajstić information content (AvgIpc) is 3.82. The maximum absolute atomic E-state index is 2.43. The van der Waals surface area contributed by atoms with Crippen molar-refractivity contribution < 1.29 is 0 Å². The minimum Gasteiger partial charge on any atom is -0.310 e. The number of fused-ring (bicyclic) bond motifs is 6. The van der Waals surface area contributed by atoms with Gasteiger partial charge in [-0.25, -0.2) is 0 Å². The van der Waals surface area contributed by atoms with Gasteiger partial charge in [-0.05, 0) is 127 Å². The molecule has 1 aliphatic carbocycles. The van der Waals surface area contributed by atoms with Crippen molar-refractivity contribution in [1.29, 1.82) is 0 Å². The van der Waals surface area contributed by atoms with Crippen LogP contribution in [0.25, 0.3) is 83.1 Å². The van der Waals surface area contributed by atoms with Crippen LogP contribution in [0.1, 0.15) is 25.0 Å². The molecule has 65 heavy (non-hydrogen) atoms. The van der Waals surface area contributed by atoms with Gasteiger partial charge in [-0.1, -0.05) is 196 Å². The Morgan fingerprint density at radius 2 is 0.692 bits per heavy atom. The highest BCUT2D eigenvalue weighted by molar-refractivity contribution is 6.09. The Hall–Kier alpha value is -8.20. The second-order valence-electron chi connectivity index (χ2n) is 17.7. The van der Waals surface area contributed by atoms with E-state index in [0.717, 1.165) is 17.1 Å². The van der Waals surface area contributed by atoms with Gasteiger partial charge in [0.15, 0.2) is 0 Å². The minimum atomic E-state index is -0.234. The van der Waals surface area contributed by atoms with Crippen molar-refractivity contribution in [3.63, 3.8) is 0 Å². The van der Waals surface area contributed by atoms with Crippen LogP contribution in [0.15, 0.2) is 243 Å². The maximum Gasteiger partial charge on any atom is 0.0541 e. The van der Waals surface area contributed by atoms with Crippen molar-refractivity contribution in [3.8, 4) is 61.3 Å². The highest BCUT2D eigenvalue weighted by Gasteiger charge is 2.36. The van der Waals surface area contributed by atoms with Crippen LogP contribution in [0.4, 0.5) is 17.1 Å². The molecule has 12 rings (SSSR count). The Balaban J connectivity index is 0.940. The lowest BCUT2D eigenvalue weighted by Gasteiger charge is -2.28. The zero-order valence-electron chi connectivity index (χ0n) is 36.5. The lowest BCUT2D eigenvalue weighted by atomic mass is 9.82. The molecule has 0 radical (unpaired) electrons. The van der Waals surface area contributed by atoms with Gasteiger partial charge in [-0.3, -0.25) is 0 Å². The molecular weight excluding hydrogens is 785 g/mol. The van der Waals surface area contributed by atoms with Crippen LogP contribution in [-0.4, -0.2) is 4.57 Å². The summed E-state index contributed by atoms with van der Waals surface area (Å²) in [5, 5.41) is 2.55. The average molecular weight is 831 g/mol. The molecule has 1 heterocycles. The Kier molecular flexibility index (Phi) is 9.21. The normalized spacial score (nSPS) is 12.6. The van der Waals surface area contributed by atoms with Crippen molar-refractivity contribution in [2.24, 2.45) is 0 Å². The summed E-state index contributed by atoms with van der Waals surface area (Å²) >= 11 is 0. The molecule has 0 atom stereocenters. The number of rotatable bonds is 8. The third-order valence-electron chi connectivity index (χ3n) is 13.6. The molecule has 0 saturated heterocycles. The van der Waals surface area contributed by atoms with E-state index in [9.17, 15) is 0 Å². The van der Waals surface area contributed by atoms with E-state index >= 15 is 0 Å². The molecule has 0 saturated carbocycles. The van der Waals surface area contributed by atoms with E-state index in [4.69, 9.17) is 0 Å². The van der Waals surface area contributed by atoms with Crippen LogP contribution >= 0.6 is 0 Å². The molecular formula is C63H46N2. The van der Waals surface area contributed by atoms with Gasteiger partial charge < -0.3 is 9.47 Å². The Bertz CT molecular complexity index is 3470. The first-order chi connectivity index (χ1) is 32.0. The predicted molar refractivity (Wildman–Crippen MR) is 275 cm³/mol. The van der Waals surface area contributed by atoms with E-state index in [0.29, 0.717) is 0 Å². The van der Waals surface area contributed by atoms with E-state index in [1.165, 1.54) is 94.3 Å². The third-order valence-corrected chi connectivity index (χ3v) is 13.6. The monoisotopic (exact) mass is 830 g/mol. The lowest BCUT2D eigenvalue weighted by molar-refractivity contribution is 0.660. The standard InChI is InChI=1S/C63H46N2/c1-63(2)59-41-51(37-39-55(59)56-40-38-52(42-60(56)63)65-61-23-13-11-21-57(61)58-22-12-14-24-62(58)65)64(49-33-29-46(30-34-49)45-27-25-44(26-28-45)43-15-5-3-6-16-43)50-35-31-48(32-36-50)54-20-10-9-19-53(54)47-17-7-4-8-18-47/h3-42H,1-2H3. The van der Waals surface area contributed by atoms with E-state index in [2.05, 4.69) is 266 Å². The summed E-state index contributed by atoms with van der Waals surface area (Å²) in [4.78, 5) is 2.41. The third kappa shape index (κ3) is 6.57. The highest BCUT2D eigenvalue weighted by atomic mass is 15.1. The Labute approximate surface area is 381 Å². The van der Waals surface area contributed by atoms with Gasteiger partial charge in [0.1, 0.15) is 0 Å². The molecule has 0 aliphatic heterocycles. The number of nitrogens with zero attached hydrogens (tertiary/aromatic N) is 2. The van der Waals surface area contributed by atoms with Crippen LogP contribution in [0.5, 0.6) is 0 Å². The molecule has 2 nitrogen and oxygen atoms in total. The molecule has 308 valence electrons. The smallest absolute Gasteiger partial charge is 0.0541 e. The number of benzene rings is 10. The molecule has 0 spiro atoms. The Morgan fingerprint density at radius 3 is 1.25 bits per heavy atom. The van der Waals surface area contributed by atoms with Gasteiger partial charge in [-0.2, -0.15) is 0 Å². The molecule has 1 aliphatic rings. The first-order valence-corrected chi connectivity index (χ1v) is 22.6. The zero-order chi connectivity index (χ0) is 43.5. The fourth-order valence-corrected chi connectivity index (χ4v) is 10.3. The lowest BCUT2D eigenvalue weighted by Crippen LogP contribution is -2.17. The van der Waals surface area contributed by atoms with E-state index in [1.807, 2.05) is 0 Å². The fourth-order valence-electron chi connectivity index (χ4n) is 10.3. The molecule has 0 N–H and O–H groups in total.